The van der Waals surface area contributed by atoms with Gasteiger partial charge in [-0.25, -0.2) is 9.97 Å². The smallest absolute Gasteiger partial charge is 0.270 e. The molecule has 2 aromatic heterocycles. The number of piperidine rings is 1. The van der Waals surface area contributed by atoms with Crippen molar-refractivity contribution in [2.75, 3.05) is 24.5 Å². The molecule has 2 aromatic rings. The Morgan fingerprint density at radius 2 is 2.28 bits per heavy atom. The fourth-order valence-electron chi connectivity index (χ4n) is 3.44. The molecule has 0 saturated carbocycles. The number of nitrogens with zero attached hydrogens (tertiary/aromatic N) is 5. The van der Waals surface area contributed by atoms with Gasteiger partial charge in [0, 0.05) is 43.2 Å². The fourth-order valence-corrected chi connectivity index (χ4v) is 3.44. The van der Waals surface area contributed by atoms with Crippen molar-refractivity contribution in [2.24, 2.45) is 5.92 Å². The number of nitrogens with one attached hydrogen (secondary N) is 1. The Morgan fingerprint density at radius 3 is 3.08 bits per heavy atom. The summed E-state index contributed by atoms with van der Waals surface area (Å²) in [5, 5.41) is 12.1. The molecule has 126 valence electrons. The normalized spacial score (nSPS) is 19.7. The Kier molecular flexibility index (Phi) is 4.02. The van der Waals surface area contributed by atoms with Gasteiger partial charge in [-0.05, 0) is 31.4 Å². The van der Waals surface area contributed by atoms with Gasteiger partial charge in [-0.15, -0.1) is 0 Å². The minimum absolute atomic E-state index is 0.00127. The number of pyridine rings is 1. The minimum Gasteiger partial charge on any atom is -0.355 e. The van der Waals surface area contributed by atoms with E-state index in [1.807, 2.05) is 12.1 Å². The van der Waals surface area contributed by atoms with Crippen LogP contribution in [0.25, 0.3) is 11.4 Å². The van der Waals surface area contributed by atoms with Crippen LogP contribution >= 0.6 is 0 Å². The van der Waals surface area contributed by atoms with E-state index in [0.29, 0.717) is 31.0 Å². The summed E-state index contributed by atoms with van der Waals surface area (Å²) >= 11 is 0. The number of carbonyl (C=O) groups excluding carboxylic acids is 1. The van der Waals surface area contributed by atoms with Crippen molar-refractivity contribution in [1.29, 1.82) is 5.26 Å². The van der Waals surface area contributed by atoms with E-state index >= 15 is 0 Å². The lowest BCUT2D eigenvalue weighted by Crippen LogP contribution is -2.39. The number of fused-ring (bicyclic) bond motifs is 1. The highest BCUT2D eigenvalue weighted by Crippen LogP contribution is 2.30. The number of nitriles is 1. The van der Waals surface area contributed by atoms with Crippen LogP contribution in [0.4, 0.5) is 5.82 Å². The molecule has 1 amide bonds. The van der Waals surface area contributed by atoms with Gasteiger partial charge in [0.05, 0.1) is 12.0 Å². The van der Waals surface area contributed by atoms with E-state index in [1.165, 1.54) is 0 Å². The van der Waals surface area contributed by atoms with Crippen LogP contribution in [0.1, 0.15) is 28.9 Å². The molecule has 1 unspecified atom stereocenters. The maximum atomic E-state index is 12.3. The lowest BCUT2D eigenvalue weighted by Gasteiger charge is -2.33. The third-order valence-electron chi connectivity index (χ3n) is 4.68. The van der Waals surface area contributed by atoms with Crippen molar-refractivity contribution >= 4 is 11.7 Å². The molecule has 0 aliphatic carbocycles. The molecule has 1 fully saturated rings. The predicted molar refractivity (Wildman–Crippen MR) is 91.9 cm³/mol. The van der Waals surface area contributed by atoms with Gasteiger partial charge in [-0.3, -0.25) is 9.78 Å². The Bertz CT molecular complexity index is 845. The van der Waals surface area contributed by atoms with Gasteiger partial charge in [0.2, 0.25) is 0 Å². The lowest BCUT2D eigenvalue weighted by atomic mass is 9.98. The molecule has 1 atom stereocenters. The summed E-state index contributed by atoms with van der Waals surface area (Å²) in [6.45, 7) is 2.08. The average Bonchev–Trinajstić information content (AvgIpc) is 2.68. The summed E-state index contributed by atoms with van der Waals surface area (Å²) in [7, 11) is 0. The van der Waals surface area contributed by atoms with E-state index in [9.17, 15) is 10.1 Å². The second-order valence-corrected chi connectivity index (χ2v) is 6.36. The molecule has 7 nitrogen and oxygen atoms in total. The van der Waals surface area contributed by atoms with E-state index in [4.69, 9.17) is 4.98 Å². The molecule has 0 bridgehead atoms. The summed E-state index contributed by atoms with van der Waals surface area (Å²) in [6, 6.07) is 6.07. The number of hydrogen-bond donors (Lipinski definition) is 1. The van der Waals surface area contributed by atoms with Crippen molar-refractivity contribution in [3.8, 4) is 17.5 Å². The van der Waals surface area contributed by atoms with Gasteiger partial charge < -0.3 is 10.2 Å². The van der Waals surface area contributed by atoms with Crippen LogP contribution in [0.3, 0.4) is 0 Å². The Labute approximate surface area is 145 Å². The summed E-state index contributed by atoms with van der Waals surface area (Å²) in [5.41, 5.74) is 2.10. The van der Waals surface area contributed by atoms with Crippen molar-refractivity contribution in [2.45, 2.75) is 19.3 Å². The zero-order chi connectivity index (χ0) is 17.2. The molecule has 2 aliphatic rings. The van der Waals surface area contributed by atoms with E-state index in [-0.39, 0.29) is 11.8 Å². The molecular weight excluding hydrogens is 316 g/mol. The highest BCUT2D eigenvalue weighted by Gasteiger charge is 2.29. The molecule has 2 aliphatic heterocycles. The average molecular weight is 334 g/mol. The molecule has 4 heterocycles. The largest absolute Gasteiger partial charge is 0.355 e. The van der Waals surface area contributed by atoms with Crippen LogP contribution in [0.2, 0.25) is 0 Å². The Hall–Kier alpha value is -3.01. The van der Waals surface area contributed by atoms with Crippen LogP contribution < -0.4 is 10.2 Å². The van der Waals surface area contributed by atoms with E-state index in [0.717, 1.165) is 36.3 Å². The topological polar surface area (TPSA) is 94.8 Å². The minimum atomic E-state index is -0.163. The van der Waals surface area contributed by atoms with Gasteiger partial charge in [-0.1, -0.05) is 0 Å². The number of aromatic nitrogens is 3. The molecule has 4 rings (SSSR count). The maximum Gasteiger partial charge on any atom is 0.270 e. The molecule has 1 saturated heterocycles. The van der Waals surface area contributed by atoms with Gasteiger partial charge in [0.25, 0.3) is 5.91 Å². The highest BCUT2D eigenvalue weighted by molar-refractivity contribution is 5.96. The lowest BCUT2D eigenvalue weighted by molar-refractivity contribution is 0.0940. The second kappa shape index (κ2) is 6.48. The Balaban J connectivity index is 1.83. The first-order valence-electron chi connectivity index (χ1n) is 8.50. The van der Waals surface area contributed by atoms with Gasteiger partial charge in [0.1, 0.15) is 11.5 Å². The summed E-state index contributed by atoms with van der Waals surface area (Å²) in [6.07, 6.45) is 5.96. The second-order valence-electron chi connectivity index (χ2n) is 6.36. The van der Waals surface area contributed by atoms with Gasteiger partial charge in [0.15, 0.2) is 5.82 Å². The van der Waals surface area contributed by atoms with Gasteiger partial charge >= 0.3 is 0 Å². The standard InChI is InChI=1S/C18H18N6O/c19-9-12-3-2-8-24(11-12)17-14-5-7-21-18(25)15(14)22-16(23-17)13-4-1-6-20-10-13/h1,4,6,10,12H,2-3,5,7-8,11H2,(H,21,25). The van der Waals surface area contributed by atoms with Gasteiger partial charge in [-0.2, -0.15) is 5.26 Å². The summed E-state index contributed by atoms with van der Waals surface area (Å²) < 4.78 is 0. The van der Waals surface area contributed by atoms with E-state index < -0.39 is 0 Å². The van der Waals surface area contributed by atoms with Crippen LogP contribution in [-0.2, 0) is 6.42 Å². The molecule has 25 heavy (non-hydrogen) atoms. The number of hydrogen-bond acceptors (Lipinski definition) is 6. The van der Waals surface area contributed by atoms with Crippen LogP contribution in [0.5, 0.6) is 0 Å². The van der Waals surface area contributed by atoms with Crippen LogP contribution in [0, 0.1) is 17.2 Å². The van der Waals surface area contributed by atoms with Crippen LogP contribution in [-0.4, -0.2) is 40.5 Å². The molecular formula is C18H18N6O. The zero-order valence-electron chi connectivity index (χ0n) is 13.8. The number of rotatable bonds is 2. The fraction of sp³-hybridized carbons (Fsp3) is 0.389. The first-order valence-corrected chi connectivity index (χ1v) is 8.50. The molecule has 7 heteroatoms. The quantitative estimate of drug-likeness (QED) is 0.895. The zero-order valence-corrected chi connectivity index (χ0v) is 13.8. The molecule has 0 spiro atoms. The third-order valence-corrected chi connectivity index (χ3v) is 4.68. The maximum absolute atomic E-state index is 12.3. The van der Waals surface area contributed by atoms with Crippen molar-refractivity contribution in [3.63, 3.8) is 0 Å². The number of anilines is 1. The summed E-state index contributed by atoms with van der Waals surface area (Å²) in [5.74, 6) is 1.12. The predicted octanol–water partition coefficient (Wildman–Crippen LogP) is 1.56. The molecule has 1 N–H and O–H groups in total. The highest BCUT2D eigenvalue weighted by atomic mass is 16.1. The first-order chi connectivity index (χ1) is 12.3. The summed E-state index contributed by atoms with van der Waals surface area (Å²) in [4.78, 5) is 27.9. The first kappa shape index (κ1) is 15.5. The SMILES string of the molecule is N#CC1CCCN(c2nc(-c3cccnc3)nc3c2CCNC3=O)C1. The van der Waals surface area contributed by atoms with Crippen molar-refractivity contribution in [1.82, 2.24) is 20.3 Å². The monoisotopic (exact) mass is 334 g/mol. The van der Waals surface area contributed by atoms with Crippen molar-refractivity contribution in [3.05, 3.63) is 35.8 Å². The van der Waals surface area contributed by atoms with E-state index in [2.05, 4.69) is 26.3 Å². The van der Waals surface area contributed by atoms with Crippen LogP contribution in [0.15, 0.2) is 24.5 Å². The van der Waals surface area contributed by atoms with E-state index in [1.54, 1.807) is 12.4 Å². The molecule has 0 aromatic carbocycles. The number of carbonyl (C=O) groups is 1. The molecule has 0 radical (unpaired) electrons. The van der Waals surface area contributed by atoms with Crippen molar-refractivity contribution < 1.29 is 4.79 Å². The number of amides is 1. The third kappa shape index (κ3) is 2.91. The Morgan fingerprint density at radius 1 is 1.36 bits per heavy atom.